The van der Waals surface area contributed by atoms with Crippen molar-refractivity contribution in [3.05, 3.63) is 0 Å². The maximum absolute atomic E-state index is 11.5. The standard InChI is InChI=1S/C11H19NO4S/c1-11(2,3)16-10(14)12-6-8(7-12)15-9(13)4-5-17/h8,17H,4-7H2,1-3H3. The van der Waals surface area contributed by atoms with E-state index in [-0.39, 0.29) is 18.2 Å². The van der Waals surface area contributed by atoms with Crippen LogP contribution < -0.4 is 0 Å². The van der Waals surface area contributed by atoms with Gasteiger partial charge < -0.3 is 14.4 Å². The number of ether oxygens (including phenoxy) is 2. The van der Waals surface area contributed by atoms with Crippen molar-refractivity contribution in [2.45, 2.75) is 38.9 Å². The zero-order valence-corrected chi connectivity index (χ0v) is 11.3. The summed E-state index contributed by atoms with van der Waals surface area (Å²) in [5.41, 5.74) is -0.495. The molecule has 0 bridgehead atoms. The quantitative estimate of drug-likeness (QED) is 0.617. The third-order valence-corrected chi connectivity index (χ3v) is 2.34. The van der Waals surface area contributed by atoms with Crippen LogP contribution in [0.25, 0.3) is 0 Å². The zero-order valence-electron chi connectivity index (χ0n) is 10.4. The van der Waals surface area contributed by atoms with E-state index in [1.54, 1.807) is 0 Å². The van der Waals surface area contributed by atoms with Gasteiger partial charge in [-0.2, -0.15) is 12.6 Å². The molecule has 0 unspecified atom stereocenters. The van der Waals surface area contributed by atoms with Crippen molar-refractivity contribution in [3.8, 4) is 0 Å². The summed E-state index contributed by atoms with van der Waals surface area (Å²) in [6.07, 6.45) is -0.264. The molecule has 0 atom stereocenters. The van der Waals surface area contributed by atoms with Crippen molar-refractivity contribution < 1.29 is 19.1 Å². The molecule has 17 heavy (non-hydrogen) atoms. The van der Waals surface area contributed by atoms with E-state index in [1.807, 2.05) is 20.8 Å². The molecule has 0 saturated carbocycles. The van der Waals surface area contributed by atoms with Gasteiger partial charge in [0, 0.05) is 5.75 Å². The Morgan fingerprint density at radius 2 is 1.94 bits per heavy atom. The number of esters is 1. The molecule has 0 aromatic rings. The van der Waals surface area contributed by atoms with E-state index in [9.17, 15) is 9.59 Å². The van der Waals surface area contributed by atoms with Crippen LogP contribution in [0.1, 0.15) is 27.2 Å². The summed E-state index contributed by atoms with van der Waals surface area (Å²) in [6.45, 7) is 6.26. The number of likely N-dealkylation sites (tertiary alicyclic amines) is 1. The Hall–Kier alpha value is -0.910. The zero-order chi connectivity index (χ0) is 13.1. The highest BCUT2D eigenvalue weighted by molar-refractivity contribution is 7.80. The molecule has 0 N–H and O–H groups in total. The lowest BCUT2D eigenvalue weighted by molar-refractivity contribution is -0.156. The molecule has 0 aromatic heterocycles. The highest BCUT2D eigenvalue weighted by Gasteiger charge is 2.35. The molecule has 1 amide bonds. The van der Waals surface area contributed by atoms with Crippen LogP contribution in [-0.4, -0.2) is 47.5 Å². The average molecular weight is 261 g/mol. The molecule has 1 fully saturated rings. The monoisotopic (exact) mass is 261 g/mol. The van der Waals surface area contributed by atoms with Gasteiger partial charge >= 0.3 is 12.1 Å². The van der Waals surface area contributed by atoms with Crippen molar-refractivity contribution in [2.75, 3.05) is 18.8 Å². The largest absolute Gasteiger partial charge is 0.459 e. The fraction of sp³-hybridized carbons (Fsp3) is 0.818. The molecule has 5 nitrogen and oxygen atoms in total. The molecule has 0 radical (unpaired) electrons. The molecule has 0 aromatic carbocycles. The lowest BCUT2D eigenvalue weighted by atomic mass is 10.1. The molecule has 1 rings (SSSR count). The fourth-order valence-electron chi connectivity index (χ4n) is 1.32. The first-order valence-electron chi connectivity index (χ1n) is 5.60. The first-order chi connectivity index (χ1) is 7.81. The minimum Gasteiger partial charge on any atom is -0.459 e. The Balaban J connectivity index is 2.23. The van der Waals surface area contributed by atoms with Crippen LogP contribution in [0.15, 0.2) is 0 Å². The van der Waals surface area contributed by atoms with E-state index in [4.69, 9.17) is 9.47 Å². The SMILES string of the molecule is CC(C)(C)OC(=O)N1CC(OC(=O)CCS)C1. The second kappa shape index (κ2) is 5.62. The van der Waals surface area contributed by atoms with Gasteiger partial charge in [0.2, 0.25) is 0 Å². The predicted molar refractivity (Wildman–Crippen MR) is 66.2 cm³/mol. The van der Waals surface area contributed by atoms with E-state index in [0.29, 0.717) is 25.3 Å². The Bertz CT molecular complexity index is 294. The van der Waals surface area contributed by atoms with Crippen molar-refractivity contribution >= 4 is 24.7 Å². The van der Waals surface area contributed by atoms with Crippen LogP contribution in [0.2, 0.25) is 0 Å². The van der Waals surface area contributed by atoms with Crippen molar-refractivity contribution in [3.63, 3.8) is 0 Å². The van der Waals surface area contributed by atoms with Crippen LogP contribution in [0.5, 0.6) is 0 Å². The number of amides is 1. The van der Waals surface area contributed by atoms with Crippen LogP contribution in [0.3, 0.4) is 0 Å². The minimum atomic E-state index is -0.495. The second-order valence-electron chi connectivity index (χ2n) is 4.97. The van der Waals surface area contributed by atoms with Gasteiger partial charge in [0.1, 0.15) is 11.7 Å². The number of thiol groups is 1. The van der Waals surface area contributed by atoms with Gasteiger partial charge in [0.15, 0.2) is 0 Å². The summed E-state index contributed by atoms with van der Waals surface area (Å²) in [5.74, 6) is 0.204. The molecular formula is C11H19NO4S. The summed E-state index contributed by atoms with van der Waals surface area (Å²) in [4.78, 5) is 24.2. The number of hydrogen-bond donors (Lipinski definition) is 1. The van der Waals surface area contributed by atoms with E-state index in [0.717, 1.165) is 0 Å². The highest BCUT2D eigenvalue weighted by Crippen LogP contribution is 2.17. The lowest BCUT2D eigenvalue weighted by Gasteiger charge is -2.38. The van der Waals surface area contributed by atoms with Gasteiger partial charge in [-0.1, -0.05) is 0 Å². The van der Waals surface area contributed by atoms with Crippen LogP contribution >= 0.6 is 12.6 Å². The summed E-state index contributed by atoms with van der Waals surface area (Å²) in [5, 5.41) is 0. The maximum Gasteiger partial charge on any atom is 0.410 e. The van der Waals surface area contributed by atoms with Crippen molar-refractivity contribution in [2.24, 2.45) is 0 Å². The molecule has 98 valence electrons. The second-order valence-corrected chi connectivity index (χ2v) is 5.42. The summed E-state index contributed by atoms with van der Waals surface area (Å²) in [7, 11) is 0. The first-order valence-corrected chi connectivity index (χ1v) is 6.23. The molecule has 0 aliphatic carbocycles. The molecule has 1 aliphatic heterocycles. The smallest absolute Gasteiger partial charge is 0.410 e. The Morgan fingerprint density at radius 3 is 2.41 bits per heavy atom. The van der Waals surface area contributed by atoms with Crippen molar-refractivity contribution in [1.82, 2.24) is 4.90 Å². The van der Waals surface area contributed by atoms with E-state index < -0.39 is 5.60 Å². The van der Waals surface area contributed by atoms with Crippen LogP contribution in [-0.2, 0) is 14.3 Å². The van der Waals surface area contributed by atoms with Crippen molar-refractivity contribution in [1.29, 1.82) is 0 Å². The summed E-state index contributed by atoms with van der Waals surface area (Å²) < 4.78 is 10.3. The number of nitrogens with zero attached hydrogens (tertiary/aromatic N) is 1. The third-order valence-electron chi connectivity index (χ3n) is 2.11. The van der Waals surface area contributed by atoms with Gasteiger partial charge in [-0.15, -0.1) is 0 Å². The molecule has 6 heteroatoms. The molecule has 1 aliphatic rings. The van der Waals surface area contributed by atoms with Gasteiger partial charge in [0.05, 0.1) is 19.5 Å². The average Bonchev–Trinajstić information content (AvgIpc) is 2.07. The lowest BCUT2D eigenvalue weighted by Crippen LogP contribution is -2.56. The van der Waals surface area contributed by atoms with E-state index in [1.165, 1.54) is 4.90 Å². The molecular weight excluding hydrogens is 242 g/mol. The predicted octanol–water partition coefficient (Wildman–Crippen LogP) is 1.47. The minimum absolute atomic E-state index is 0.199. The number of carbonyl (C=O) groups excluding carboxylic acids is 2. The van der Waals surface area contributed by atoms with Crippen LogP contribution in [0.4, 0.5) is 4.79 Å². The third kappa shape index (κ3) is 4.85. The highest BCUT2D eigenvalue weighted by atomic mass is 32.1. The van der Waals surface area contributed by atoms with Gasteiger partial charge in [0.25, 0.3) is 0 Å². The molecule has 1 saturated heterocycles. The Labute approximate surface area is 107 Å². The Kier molecular flexibility index (Phi) is 4.68. The molecule has 0 spiro atoms. The Morgan fingerprint density at radius 1 is 1.35 bits per heavy atom. The fourth-order valence-corrected chi connectivity index (χ4v) is 1.51. The summed E-state index contributed by atoms with van der Waals surface area (Å²) in [6, 6.07) is 0. The van der Waals surface area contributed by atoms with Gasteiger partial charge in [-0.05, 0) is 20.8 Å². The van der Waals surface area contributed by atoms with Gasteiger partial charge in [-0.25, -0.2) is 4.79 Å². The van der Waals surface area contributed by atoms with Gasteiger partial charge in [-0.3, -0.25) is 4.79 Å². The topological polar surface area (TPSA) is 55.8 Å². The summed E-state index contributed by atoms with van der Waals surface area (Å²) >= 11 is 3.94. The van der Waals surface area contributed by atoms with E-state index >= 15 is 0 Å². The normalized spacial score (nSPS) is 16.4. The number of carbonyl (C=O) groups is 2. The van der Waals surface area contributed by atoms with Crippen LogP contribution in [0, 0.1) is 0 Å². The first kappa shape index (κ1) is 14.2. The maximum atomic E-state index is 11.5. The number of hydrogen-bond acceptors (Lipinski definition) is 5. The van der Waals surface area contributed by atoms with E-state index in [2.05, 4.69) is 12.6 Å². The molecule has 1 heterocycles. The number of rotatable bonds is 3.